The Balaban J connectivity index is 5.32. The van der Waals surface area contributed by atoms with Gasteiger partial charge in [0.1, 0.15) is 0 Å². The Bertz CT molecular complexity index is 423. The molecule has 1 unspecified atom stereocenters. The summed E-state index contributed by atoms with van der Waals surface area (Å²) in [6.07, 6.45) is 0.436. The Hall–Kier alpha value is -2.38. The van der Waals surface area contributed by atoms with Crippen molar-refractivity contribution in [3.05, 3.63) is 12.2 Å². The lowest BCUT2D eigenvalue weighted by molar-refractivity contribution is -0.184. The second kappa shape index (κ2) is 7.27. The van der Waals surface area contributed by atoms with E-state index in [-0.39, 0.29) is 0 Å². The fraction of sp³-hybridized carbons (Fsp3) is 0.500. The van der Waals surface area contributed by atoms with Crippen LogP contribution >= 0.6 is 0 Å². The molecule has 20 heavy (non-hydrogen) atoms. The highest BCUT2D eigenvalue weighted by atomic mass is 16.6. The highest BCUT2D eigenvalue weighted by molar-refractivity contribution is 6.05. The van der Waals surface area contributed by atoms with Crippen LogP contribution in [0.5, 0.6) is 0 Å². The van der Waals surface area contributed by atoms with Crippen LogP contribution in [0.3, 0.4) is 0 Å². The maximum absolute atomic E-state index is 11.9. The first-order valence-electron chi connectivity index (χ1n) is 5.48. The molecule has 0 aliphatic rings. The van der Waals surface area contributed by atoms with Crippen LogP contribution in [0.4, 0.5) is 0 Å². The number of carboxylic acid groups (broad SMARTS) is 1. The van der Waals surface area contributed by atoms with E-state index in [0.717, 1.165) is 27.2 Å². The Labute approximate surface area is 115 Å². The molecule has 1 N–H and O–H groups in total. The van der Waals surface area contributed by atoms with Gasteiger partial charge >= 0.3 is 23.9 Å². The molecule has 112 valence electrons. The lowest BCUT2D eigenvalue weighted by Crippen LogP contribution is -2.43. The first-order valence-corrected chi connectivity index (χ1v) is 5.48. The maximum Gasteiger partial charge on any atom is 0.359 e. The number of esters is 3. The lowest BCUT2D eigenvalue weighted by atomic mass is 9.90. The zero-order chi connectivity index (χ0) is 15.9. The molecule has 0 fully saturated rings. The summed E-state index contributed by atoms with van der Waals surface area (Å²) in [5.74, 6) is -5.12. The number of allylic oxidation sites excluding steroid dienone is 1. The van der Waals surface area contributed by atoms with Gasteiger partial charge in [-0.2, -0.15) is 0 Å². The molecule has 0 rings (SSSR count). The number of aliphatic carboxylic acids is 1. The maximum atomic E-state index is 11.9. The third-order valence-electron chi connectivity index (χ3n) is 2.42. The topological polar surface area (TPSA) is 116 Å². The van der Waals surface area contributed by atoms with E-state index in [2.05, 4.69) is 14.2 Å². The standard InChI is InChI=1S/C12H16O8/c1-5-6-12(2,10(15)16)11(17)20-7(8(13)18-3)9(14)19-4/h5-7H,1-4H3,(H,15,16). The predicted octanol–water partition coefficient (Wildman–Crippen LogP) is -0.0888. The van der Waals surface area contributed by atoms with Crippen LogP contribution < -0.4 is 0 Å². The molecular weight excluding hydrogens is 272 g/mol. The van der Waals surface area contributed by atoms with E-state index in [1.165, 1.54) is 13.0 Å². The van der Waals surface area contributed by atoms with Crippen LogP contribution in [0.25, 0.3) is 0 Å². The number of hydrogen-bond donors (Lipinski definition) is 1. The van der Waals surface area contributed by atoms with E-state index in [1.54, 1.807) is 0 Å². The molecule has 0 aromatic rings. The minimum Gasteiger partial charge on any atom is -0.480 e. The van der Waals surface area contributed by atoms with Crippen molar-refractivity contribution < 1.29 is 38.5 Å². The molecule has 0 saturated carbocycles. The summed E-state index contributed by atoms with van der Waals surface area (Å²) in [5.41, 5.74) is -2.03. The summed E-state index contributed by atoms with van der Waals surface area (Å²) >= 11 is 0. The van der Waals surface area contributed by atoms with Gasteiger partial charge in [-0.15, -0.1) is 0 Å². The smallest absolute Gasteiger partial charge is 0.359 e. The van der Waals surface area contributed by atoms with Gasteiger partial charge in [-0.3, -0.25) is 9.59 Å². The summed E-state index contributed by atoms with van der Waals surface area (Å²) in [7, 11) is 1.96. The quantitative estimate of drug-likeness (QED) is 0.312. The van der Waals surface area contributed by atoms with Crippen molar-refractivity contribution in [1.82, 2.24) is 0 Å². The van der Waals surface area contributed by atoms with Crippen molar-refractivity contribution in [2.75, 3.05) is 14.2 Å². The summed E-state index contributed by atoms with van der Waals surface area (Å²) < 4.78 is 13.2. The van der Waals surface area contributed by atoms with Gasteiger partial charge in [0.25, 0.3) is 6.10 Å². The van der Waals surface area contributed by atoms with E-state index in [0.29, 0.717) is 0 Å². The molecule has 1 atom stereocenters. The molecule has 0 radical (unpaired) electrons. The van der Waals surface area contributed by atoms with E-state index < -0.39 is 35.4 Å². The van der Waals surface area contributed by atoms with Crippen molar-refractivity contribution >= 4 is 23.9 Å². The van der Waals surface area contributed by atoms with Crippen molar-refractivity contribution in [3.63, 3.8) is 0 Å². The first kappa shape index (κ1) is 17.6. The van der Waals surface area contributed by atoms with Crippen LogP contribution in [-0.4, -0.2) is 49.3 Å². The van der Waals surface area contributed by atoms with Gasteiger partial charge in [-0.05, 0) is 13.8 Å². The molecule has 8 heteroatoms. The number of ether oxygens (including phenoxy) is 3. The molecule has 0 spiro atoms. The van der Waals surface area contributed by atoms with Gasteiger partial charge in [0.15, 0.2) is 5.41 Å². The van der Waals surface area contributed by atoms with E-state index in [1.807, 2.05) is 0 Å². The van der Waals surface area contributed by atoms with Crippen molar-refractivity contribution in [3.8, 4) is 0 Å². The molecule has 0 saturated heterocycles. The Morgan fingerprint density at radius 2 is 1.55 bits per heavy atom. The Morgan fingerprint density at radius 1 is 1.10 bits per heavy atom. The molecular formula is C12H16O8. The molecule has 0 aromatic carbocycles. The average molecular weight is 288 g/mol. The minimum absolute atomic E-state index is 0.981. The monoisotopic (exact) mass is 288 g/mol. The van der Waals surface area contributed by atoms with Crippen LogP contribution in [0, 0.1) is 5.41 Å². The summed E-state index contributed by atoms with van der Waals surface area (Å²) in [6, 6.07) is 0. The van der Waals surface area contributed by atoms with Crippen molar-refractivity contribution in [2.24, 2.45) is 5.41 Å². The Morgan fingerprint density at radius 3 is 1.85 bits per heavy atom. The third-order valence-corrected chi connectivity index (χ3v) is 2.42. The van der Waals surface area contributed by atoms with E-state index >= 15 is 0 Å². The van der Waals surface area contributed by atoms with Crippen molar-refractivity contribution in [1.29, 1.82) is 0 Å². The van der Waals surface area contributed by atoms with Gasteiger partial charge in [-0.25, -0.2) is 9.59 Å². The number of carbonyl (C=O) groups is 4. The molecule has 0 aromatic heterocycles. The summed E-state index contributed by atoms with van der Waals surface area (Å²) in [5, 5.41) is 9.05. The highest BCUT2D eigenvalue weighted by Gasteiger charge is 2.44. The van der Waals surface area contributed by atoms with Gasteiger partial charge in [0.2, 0.25) is 0 Å². The van der Waals surface area contributed by atoms with Crippen LogP contribution in [0.15, 0.2) is 12.2 Å². The minimum atomic E-state index is -2.03. The molecule has 0 bridgehead atoms. The largest absolute Gasteiger partial charge is 0.480 e. The number of methoxy groups -OCH3 is 2. The molecule has 0 aliphatic carbocycles. The molecule has 0 amide bonds. The number of carbonyl (C=O) groups excluding carboxylic acids is 3. The van der Waals surface area contributed by atoms with E-state index in [4.69, 9.17) is 5.11 Å². The second-order valence-electron chi connectivity index (χ2n) is 3.84. The van der Waals surface area contributed by atoms with Gasteiger partial charge < -0.3 is 19.3 Å². The summed E-state index contributed by atoms with van der Waals surface area (Å²) in [6.45, 7) is 2.58. The van der Waals surface area contributed by atoms with Crippen molar-refractivity contribution in [2.45, 2.75) is 20.0 Å². The van der Waals surface area contributed by atoms with Gasteiger partial charge in [-0.1, -0.05) is 12.2 Å². The van der Waals surface area contributed by atoms with Crippen LogP contribution in [-0.2, 0) is 33.4 Å². The SMILES string of the molecule is CC=CC(C)(C(=O)O)C(=O)OC(C(=O)OC)C(=O)OC. The average Bonchev–Trinajstić information content (AvgIpc) is 2.42. The molecule has 0 aliphatic heterocycles. The van der Waals surface area contributed by atoms with Gasteiger partial charge in [0, 0.05) is 0 Å². The summed E-state index contributed by atoms with van der Waals surface area (Å²) in [4.78, 5) is 45.7. The molecule has 8 nitrogen and oxygen atoms in total. The number of carboxylic acids is 1. The van der Waals surface area contributed by atoms with Crippen LogP contribution in [0.1, 0.15) is 13.8 Å². The predicted molar refractivity (Wildman–Crippen MR) is 64.5 cm³/mol. The fourth-order valence-electron chi connectivity index (χ4n) is 1.20. The number of rotatable bonds is 6. The highest BCUT2D eigenvalue weighted by Crippen LogP contribution is 2.22. The zero-order valence-corrected chi connectivity index (χ0v) is 11.5. The van der Waals surface area contributed by atoms with E-state index in [9.17, 15) is 19.2 Å². The number of hydrogen-bond acceptors (Lipinski definition) is 7. The third kappa shape index (κ3) is 3.81. The second-order valence-corrected chi connectivity index (χ2v) is 3.84. The normalized spacial score (nSPS) is 13.7. The zero-order valence-electron chi connectivity index (χ0n) is 11.5. The lowest BCUT2D eigenvalue weighted by Gasteiger charge is -2.21. The molecule has 0 heterocycles. The van der Waals surface area contributed by atoms with Crippen LogP contribution in [0.2, 0.25) is 0 Å². The van der Waals surface area contributed by atoms with Gasteiger partial charge in [0.05, 0.1) is 14.2 Å². The first-order chi connectivity index (χ1) is 9.24. The Kier molecular flexibility index (Phi) is 6.40. The fourth-order valence-corrected chi connectivity index (χ4v) is 1.20.